The summed E-state index contributed by atoms with van der Waals surface area (Å²) in [5.74, 6) is -0.445. The Morgan fingerprint density at radius 2 is 1.81 bits per heavy atom. The van der Waals surface area contributed by atoms with Crippen molar-refractivity contribution in [2.75, 3.05) is 7.11 Å². The molecule has 5 heteroatoms. The van der Waals surface area contributed by atoms with Gasteiger partial charge in [0.1, 0.15) is 11.6 Å². The number of benzene rings is 3. The fraction of sp³-hybridized carbons (Fsp3) is 0.192. The Bertz CT molecular complexity index is 1230. The lowest BCUT2D eigenvalue weighted by atomic mass is 9.87. The van der Waals surface area contributed by atoms with Gasteiger partial charge >= 0.3 is 0 Å². The number of carbonyl (C=O) groups excluding carboxylic acids is 1. The third-order valence-electron chi connectivity index (χ3n) is 5.64. The first-order valence-electron chi connectivity index (χ1n) is 10.2. The van der Waals surface area contributed by atoms with Crippen molar-refractivity contribution in [3.63, 3.8) is 0 Å². The SMILES string of the molecule is COc1ccc(Cn2cc([C@@H](CC(N)=O)c3cc(C)ccc3F)c3ccccc32)cc1. The molecule has 1 aromatic heterocycles. The van der Waals surface area contributed by atoms with E-state index < -0.39 is 11.8 Å². The second-order valence-corrected chi connectivity index (χ2v) is 7.83. The van der Waals surface area contributed by atoms with Gasteiger partial charge in [0, 0.05) is 36.0 Å². The van der Waals surface area contributed by atoms with Gasteiger partial charge in [0.05, 0.1) is 7.11 Å². The van der Waals surface area contributed by atoms with Crippen molar-refractivity contribution in [2.45, 2.75) is 25.8 Å². The van der Waals surface area contributed by atoms with Gasteiger partial charge in [0.15, 0.2) is 0 Å². The molecule has 0 spiro atoms. The lowest BCUT2D eigenvalue weighted by Gasteiger charge is -2.17. The summed E-state index contributed by atoms with van der Waals surface area (Å²) in [6, 6.07) is 20.9. The molecule has 3 aromatic carbocycles. The number of halogens is 1. The molecule has 0 unspecified atom stereocenters. The van der Waals surface area contributed by atoms with E-state index in [4.69, 9.17) is 10.5 Å². The number of nitrogens with zero attached hydrogens (tertiary/aromatic N) is 1. The number of amides is 1. The lowest BCUT2D eigenvalue weighted by molar-refractivity contribution is -0.118. The average molecular weight is 416 g/mol. The molecule has 1 atom stereocenters. The van der Waals surface area contributed by atoms with Crippen LogP contribution in [-0.4, -0.2) is 17.6 Å². The smallest absolute Gasteiger partial charge is 0.218 e. The Morgan fingerprint density at radius 1 is 1.06 bits per heavy atom. The maximum absolute atomic E-state index is 14.8. The standard InChI is InChI=1S/C26H25FN2O2/c1-17-7-12-24(27)22(13-17)21(14-26(28)30)23-16-29(25-6-4-3-5-20(23)25)15-18-8-10-19(31-2)11-9-18/h3-13,16,21H,14-15H2,1-2H3,(H2,28,30)/t21-/m0/s1. The molecule has 31 heavy (non-hydrogen) atoms. The fourth-order valence-electron chi connectivity index (χ4n) is 4.13. The number of carbonyl (C=O) groups is 1. The van der Waals surface area contributed by atoms with Crippen LogP contribution in [0.15, 0.2) is 72.9 Å². The summed E-state index contributed by atoms with van der Waals surface area (Å²) in [5.41, 5.74) is 10.0. The summed E-state index contributed by atoms with van der Waals surface area (Å²) in [6.07, 6.45) is 2.06. The number of para-hydroxylation sites is 1. The largest absolute Gasteiger partial charge is 0.497 e. The molecule has 0 aliphatic heterocycles. The number of hydrogen-bond donors (Lipinski definition) is 1. The molecule has 1 amide bonds. The molecule has 158 valence electrons. The van der Waals surface area contributed by atoms with Crippen LogP contribution in [0, 0.1) is 12.7 Å². The molecule has 0 aliphatic rings. The van der Waals surface area contributed by atoms with Crippen molar-refractivity contribution in [3.05, 3.63) is 101 Å². The maximum atomic E-state index is 14.8. The number of methoxy groups -OCH3 is 1. The third kappa shape index (κ3) is 4.31. The van der Waals surface area contributed by atoms with Gasteiger partial charge in [-0.25, -0.2) is 4.39 Å². The summed E-state index contributed by atoms with van der Waals surface area (Å²) in [4.78, 5) is 11.9. The first-order valence-corrected chi connectivity index (χ1v) is 10.2. The van der Waals surface area contributed by atoms with E-state index in [0.29, 0.717) is 12.1 Å². The zero-order valence-electron chi connectivity index (χ0n) is 17.6. The Hall–Kier alpha value is -3.60. The zero-order valence-corrected chi connectivity index (χ0v) is 17.6. The van der Waals surface area contributed by atoms with Crippen molar-refractivity contribution in [2.24, 2.45) is 5.73 Å². The van der Waals surface area contributed by atoms with Crippen molar-refractivity contribution in [1.29, 1.82) is 0 Å². The number of primary amides is 1. The number of nitrogens with two attached hydrogens (primary N) is 1. The fourth-order valence-corrected chi connectivity index (χ4v) is 4.13. The molecule has 4 rings (SSSR count). The first-order chi connectivity index (χ1) is 15.0. The van der Waals surface area contributed by atoms with Crippen molar-refractivity contribution < 1.29 is 13.9 Å². The molecule has 4 nitrogen and oxygen atoms in total. The Morgan fingerprint density at radius 3 is 2.52 bits per heavy atom. The van der Waals surface area contributed by atoms with E-state index in [9.17, 15) is 9.18 Å². The molecule has 0 bridgehead atoms. The summed E-state index contributed by atoms with van der Waals surface area (Å²) >= 11 is 0. The molecule has 0 radical (unpaired) electrons. The predicted molar refractivity (Wildman–Crippen MR) is 121 cm³/mol. The van der Waals surface area contributed by atoms with Crippen LogP contribution in [0.25, 0.3) is 10.9 Å². The van der Waals surface area contributed by atoms with E-state index >= 15 is 0 Å². The summed E-state index contributed by atoms with van der Waals surface area (Å²) < 4.78 is 22.2. The zero-order chi connectivity index (χ0) is 22.0. The molecule has 2 N–H and O–H groups in total. The third-order valence-corrected chi connectivity index (χ3v) is 5.64. The molecule has 4 aromatic rings. The second kappa shape index (κ2) is 8.64. The van der Waals surface area contributed by atoms with E-state index in [0.717, 1.165) is 33.3 Å². The van der Waals surface area contributed by atoms with Gasteiger partial charge in [0.25, 0.3) is 0 Å². The van der Waals surface area contributed by atoms with E-state index in [1.807, 2.05) is 61.7 Å². The van der Waals surface area contributed by atoms with Crippen LogP contribution in [0.5, 0.6) is 5.75 Å². The van der Waals surface area contributed by atoms with Gasteiger partial charge in [-0.05, 0) is 47.9 Å². The van der Waals surface area contributed by atoms with Gasteiger partial charge in [-0.1, -0.05) is 48.0 Å². The van der Waals surface area contributed by atoms with Crippen LogP contribution >= 0.6 is 0 Å². The van der Waals surface area contributed by atoms with Gasteiger partial charge in [0.2, 0.25) is 5.91 Å². The monoisotopic (exact) mass is 416 g/mol. The minimum Gasteiger partial charge on any atom is -0.497 e. The Kier molecular flexibility index (Phi) is 5.76. The quantitative estimate of drug-likeness (QED) is 0.453. The topological polar surface area (TPSA) is 57.2 Å². The molecule has 1 heterocycles. The number of aryl methyl sites for hydroxylation is 1. The molecular formula is C26H25FN2O2. The van der Waals surface area contributed by atoms with Crippen LogP contribution in [0.1, 0.15) is 34.6 Å². The Balaban J connectivity index is 1.83. The highest BCUT2D eigenvalue weighted by molar-refractivity contribution is 5.86. The van der Waals surface area contributed by atoms with Crippen LogP contribution in [0.4, 0.5) is 4.39 Å². The molecular weight excluding hydrogens is 391 g/mol. The second-order valence-electron chi connectivity index (χ2n) is 7.83. The highest BCUT2D eigenvalue weighted by Gasteiger charge is 2.24. The van der Waals surface area contributed by atoms with E-state index in [2.05, 4.69) is 4.57 Å². The minimum atomic E-state index is -0.460. The number of fused-ring (bicyclic) bond motifs is 1. The van der Waals surface area contributed by atoms with Crippen LogP contribution in [-0.2, 0) is 11.3 Å². The van der Waals surface area contributed by atoms with Crippen molar-refractivity contribution in [3.8, 4) is 5.75 Å². The Labute approximate surface area is 181 Å². The van der Waals surface area contributed by atoms with Crippen LogP contribution < -0.4 is 10.5 Å². The van der Waals surface area contributed by atoms with Gasteiger partial charge in [-0.15, -0.1) is 0 Å². The van der Waals surface area contributed by atoms with Crippen LogP contribution in [0.2, 0.25) is 0 Å². The highest BCUT2D eigenvalue weighted by Crippen LogP contribution is 2.36. The molecule has 0 saturated carbocycles. The van der Waals surface area contributed by atoms with Crippen molar-refractivity contribution in [1.82, 2.24) is 4.57 Å². The summed E-state index contributed by atoms with van der Waals surface area (Å²) in [7, 11) is 1.64. The molecule has 0 aliphatic carbocycles. The summed E-state index contributed by atoms with van der Waals surface area (Å²) in [5, 5.41) is 0.989. The normalized spacial score (nSPS) is 12.1. The molecule has 0 saturated heterocycles. The molecule has 0 fully saturated rings. The van der Waals surface area contributed by atoms with Gasteiger partial charge in [-0.2, -0.15) is 0 Å². The maximum Gasteiger partial charge on any atom is 0.218 e. The average Bonchev–Trinajstić information content (AvgIpc) is 3.12. The van der Waals surface area contributed by atoms with Crippen molar-refractivity contribution >= 4 is 16.8 Å². The number of aromatic nitrogens is 1. The van der Waals surface area contributed by atoms with Crippen LogP contribution in [0.3, 0.4) is 0 Å². The first kappa shape index (κ1) is 20.7. The van der Waals surface area contributed by atoms with Gasteiger partial charge in [-0.3, -0.25) is 4.79 Å². The van der Waals surface area contributed by atoms with E-state index in [1.165, 1.54) is 6.07 Å². The highest BCUT2D eigenvalue weighted by atomic mass is 19.1. The van der Waals surface area contributed by atoms with E-state index in [-0.39, 0.29) is 12.2 Å². The lowest BCUT2D eigenvalue weighted by Crippen LogP contribution is -2.17. The number of hydrogen-bond acceptors (Lipinski definition) is 2. The minimum absolute atomic E-state index is 0.0386. The number of ether oxygens (including phenoxy) is 1. The predicted octanol–water partition coefficient (Wildman–Crippen LogP) is 5.15. The summed E-state index contributed by atoms with van der Waals surface area (Å²) in [6.45, 7) is 2.56. The number of rotatable bonds is 7. The van der Waals surface area contributed by atoms with E-state index in [1.54, 1.807) is 19.2 Å². The van der Waals surface area contributed by atoms with Gasteiger partial charge < -0.3 is 15.0 Å².